The molecule has 0 saturated carbocycles. The Hall–Kier alpha value is -1.32. The molecule has 1 fully saturated rings. The minimum Gasteiger partial charge on any atom is -0.375 e. The Morgan fingerprint density at radius 1 is 1.45 bits per heavy atom. The first kappa shape index (κ1) is 15.1. The van der Waals surface area contributed by atoms with Crippen molar-refractivity contribution in [1.29, 1.82) is 5.26 Å². The maximum Gasteiger partial charge on any atom is 0.222 e. The number of halogens is 1. The van der Waals surface area contributed by atoms with Crippen LogP contribution in [0.2, 0.25) is 5.15 Å². The van der Waals surface area contributed by atoms with E-state index in [-0.39, 0.29) is 11.1 Å². The zero-order chi connectivity index (χ0) is 14.4. The van der Waals surface area contributed by atoms with Gasteiger partial charge in [0.1, 0.15) is 16.6 Å². The number of unbranched alkanes of at least 4 members (excludes halogenated alkanes) is 1. The Morgan fingerprint density at radius 2 is 2.30 bits per heavy atom. The van der Waals surface area contributed by atoms with Gasteiger partial charge in [0.05, 0.1) is 0 Å². The van der Waals surface area contributed by atoms with Gasteiger partial charge in [-0.3, -0.25) is 4.79 Å². The Morgan fingerprint density at radius 3 is 3.05 bits per heavy atom. The van der Waals surface area contributed by atoms with Gasteiger partial charge in [0.2, 0.25) is 5.91 Å². The van der Waals surface area contributed by atoms with Crippen molar-refractivity contribution in [2.45, 2.75) is 32.1 Å². The number of nitrogens with one attached hydrogen (secondary N) is 1. The number of aromatic nitrogens is 1. The van der Waals surface area contributed by atoms with Crippen molar-refractivity contribution in [2.24, 2.45) is 0 Å². The molecule has 1 N–H and O–H groups in total. The lowest BCUT2D eigenvalue weighted by Crippen LogP contribution is -2.36. The van der Waals surface area contributed by atoms with Crippen LogP contribution in [0.15, 0.2) is 0 Å². The zero-order valence-electron chi connectivity index (χ0n) is 11.2. The number of carbonyl (C=O) groups excluding carboxylic acids is 1. The normalized spacial score (nSPS) is 15.2. The van der Waals surface area contributed by atoms with Crippen molar-refractivity contribution < 1.29 is 4.79 Å². The molecule has 1 aromatic heterocycles. The van der Waals surface area contributed by atoms with Gasteiger partial charge < -0.3 is 10.2 Å². The quantitative estimate of drug-likeness (QED) is 0.820. The molecule has 0 bridgehead atoms. The molecule has 20 heavy (non-hydrogen) atoms. The fourth-order valence-electron chi connectivity index (χ4n) is 2.22. The molecule has 2 heterocycles. The lowest BCUT2D eigenvalue weighted by molar-refractivity contribution is -0.133. The number of nitrogens with zero attached hydrogens (tertiary/aromatic N) is 3. The smallest absolute Gasteiger partial charge is 0.222 e. The highest BCUT2D eigenvalue weighted by molar-refractivity contribution is 7.10. The van der Waals surface area contributed by atoms with E-state index in [2.05, 4.69) is 9.69 Å². The molecule has 1 aromatic rings. The number of amides is 1. The molecule has 7 heteroatoms. The van der Waals surface area contributed by atoms with Gasteiger partial charge in [-0.2, -0.15) is 9.64 Å². The summed E-state index contributed by atoms with van der Waals surface area (Å²) < 4.78 is 3.94. The second-order valence-corrected chi connectivity index (χ2v) is 5.89. The average molecular weight is 313 g/mol. The highest BCUT2D eigenvalue weighted by atomic mass is 35.5. The van der Waals surface area contributed by atoms with Crippen molar-refractivity contribution in [3.8, 4) is 6.07 Å². The summed E-state index contributed by atoms with van der Waals surface area (Å²) in [5.41, 5.74) is 0.419. The van der Waals surface area contributed by atoms with E-state index in [0.29, 0.717) is 12.0 Å². The number of piperidine rings is 1. The molecule has 1 amide bonds. The number of anilines is 1. The van der Waals surface area contributed by atoms with Crippen LogP contribution in [0.1, 0.15) is 37.7 Å². The third-order valence-corrected chi connectivity index (χ3v) is 4.50. The summed E-state index contributed by atoms with van der Waals surface area (Å²) in [7, 11) is 0. The number of likely N-dealkylation sites (tertiary alicyclic amines) is 1. The fraction of sp³-hybridized carbons (Fsp3) is 0.615. The van der Waals surface area contributed by atoms with E-state index < -0.39 is 0 Å². The van der Waals surface area contributed by atoms with Gasteiger partial charge >= 0.3 is 0 Å². The lowest BCUT2D eigenvalue weighted by Gasteiger charge is -2.26. The molecule has 0 atom stereocenters. The Labute approximate surface area is 127 Å². The van der Waals surface area contributed by atoms with Crippen LogP contribution in [0.4, 0.5) is 5.00 Å². The largest absolute Gasteiger partial charge is 0.375 e. The van der Waals surface area contributed by atoms with Gasteiger partial charge in [-0.05, 0) is 37.2 Å². The molecule has 0 spiro atoms. The van der Waals surface area contributed by atoms with Gasteiger partial charge in [0, 0.05) is 26.1 Å². The van der Waals surface area contributed by atoms with E-state index >= 15 is 0 Å². The van der Waals surface area contributed by atoms with E-state index in [4.69, 9.17) is 16.9 Å². The molecule has 1 aliphatic heterocycles. The monoisotopic (exact) mass is 312 g/mol. The summed E-state index contributed by atoms with van der Waals surface area (Å²) in [6.45, 7) is 2.49. The molecule has 2 rings (SSSR count). The van der Waals surface area contributed by atoms with Crippen molar-refractivity contribution >= 4 is 34.0 Å². The minimum absolute atomic E-state index is 0.263. The molecule has 1 saturated heterocycles. The summed E-state index contributed by atoms with van der Waals surface area (Å²) in [5.74, 6) is 0.283. The van der Waals surface area contributed by atoms with Crippen LogP contribution in [-0.2, 0) is 4.79 Å². The molecule has 1 aliphatic rings. The van der Waals surface area contributed by atoms with Crippen molar-refractivity contribution in [1.82, 2.24) is 9.27 Å². The zero-order valence-corrected chi connectivity index (χ0v) is 12.8. The van der Waals surface area contributed by atoms with Crippen LogP contribution in [-0.4, -0.2) is 34.8 Å². The Balaban J connectivity index is 1.66. The van der Waals surface area contributed by atoms with E-state index in [9.17, 15) is 4.79 Å². The van der Waals surface area contributed by atoms with Crippen LogP contribution in [0.3, 0.4) is 0 Å². The number of carbonyl (C=O) groups is 1. The summed E-state index contributed by atoms with van der Waals surface area (Å²) >= 11 is 7.00. The van der Waals surface area contributed by atoms with Gasteiger partial charge in [0.25, 0.3) is 0 Å². The molecule has 5 nitrogen and oxygen atoms in total. The minimum atomic E-state index is 0.263. The summed E-state index contributed by atoms with van der Waals surface area (Å²) in [5, 5.41) is 13.1. The van der Waals surface area contributed by atoms with E-state index in [1.165, 1.54) is 11.5 Å². The number of rotatable bonds is 6. The second kappa shape index (κ2) is 7.46. The third-order valence-electron chi connectivity index (χ3n) is 3.32. The maximum absolute atomic E-state index is 11.6. The van der Waals surface area contributed by atoms with Crippen LogP contribution in [0.5, 0.6) is 0 Å². The fourth-order valence-corrected chi connectivity index (χ4v) is 3.18. The molecule has 108 valence electrons. The molecular formula is C13H17ClN4OS. The van der Waals surface area contributed by atoms with Gasteiger partial charge in [0.15, 0.2) is 5.15 Å². The summed E-state index contributed by atoms with van der Waals surface area (Å²) in [6, 6.07) is 2.04. The molecule has 0 aliphatic carbocycles. The van der Waals surface area contributed by atoms with Gasteiger partial charge in [-0.25, -0.2) is 0 Å². The van der Waals surface area contributed by atoms with Crippen LogP contribution in [0, 0.1) is 11.3 Å². The molecule has 0 radical (unpaired) electrons. The van der Waals surface area contributed by atoms with Crippen molar-refractivity contribution in [3.63, 3.8) is 0 Å². The van der Waals surface area contributed by atoms with Crippen LogP contribution in [0.25, 0.3) is 0 Å². The molecule has 0 aromatic carbocycles. The maximum atomic E-state index is 11.6. The molecule has 0 unspecified atom stereocenters. The van der Waals surface area contributed by atoms with E-state index in [1.807, 2.05) is 11.0 Å². The second-order valence-electron chi connectivity index (χ2n) is 4.76. The predicted octanol–water partition coefficient (Wildman–Crippen LogP) is 2.87. The van der Waals surface area contributed by atoms with Gasteiger partial charge in [-0.1, -0.05) is 11.6 Å². The summed E-state index contributed by atoms with van der Waals surface area (Å²) in [6.07, 6.45) is 4.76. The Bertz CT molecular complexity index is 511. The number of hydrogen-bond acceptors (Lipinski definition) is 5. The highest BCUT2D eigenvalue weighted by Crippen LogP contribution is 2.27. The number of nitriles is 1. The first-order chi connectivity index (χ1) is 9.72. The van der Waals surface area contributed by atoms with Crippen LogP contribution < -0.4 is 5.32 Å². The highest BCUT2D eigenvalue weighted by Gasteiger charge is 2.17. The third kappa shape index (κ3) is 3.84. The first-order valence-corrected chi connectivity index (χ1v) is 7.94. The van der Waals surface area contributed by atoms with Crippen LogP contribution >= 0.6 is 23.1 Å². The first-order valence-electron chi connectivity index (χ1n) is 6.79. The topological polar surface area (TPSA) is 69.0 Å². The predicted molar refractivity (Wildman–Crippen MR) is 80.0 cm³/mol. The van der Waals surface area contributed by atoms with Crippen molar-refractivity contribution in [3.05, 3.63) is 10.7 Å². The van der Waals surface area contributed by atoms with Gasteiger partial charge in [-0.15, -0.1) is 0 Å². The number of hydrogen-bond donors (Lipinski definition) is 1. The van der Waals surface area contributed by atoms with E-state index in [0.717, 1.165) is 50.3 Å². The Kier molecular flexibility index (Phi) is 5.62. The summed E-state index contributed by atoms with van der Waals surface area (Å²) in [4.78, 5) is 13.6. The standard InChI is InChI=1S/C13H17ClN4OS/c14-12-10(9-15)13(20-17-12)16-6-2-4-8-18-7-3-1-5-11(18)19/h16H,1-8H2. The SMILES string of the molecule is N#Cc1c(Cl)nsc1NCCCCN1CCCCC1=O. The van der Waals surface area contributed by atoms with E-state index in [1.54, 1.807) is 0 Å². The molecular weight excluding hydrogens is 296 g/mol. The lowest BCUT2D eigenvalue weighted by atomic mass is 10.1. The average Bonchev–Trinajstić information content (AvgIpc) is 2.80. The van der Waals surface area contributed by atoms with Crippen molar-refractivity contribution in [2.75, 3.05) is 25.0 Å².